The number of carbonyl (C=O) groups excluding carboxylic acids is 2. The number of hydrazone groups is 1. The molecule has 30 heavy (non-hydrogen) atoms. The van der Waals surface area contributed by atoms with Gasteiger partial charge in [-0.1, -0.05) is 48.5 Å². The highest BCUT2D eigenvalue weighted by Gasteiger charge is 2.40. The summed E-state index contributed by atoms with van der Waals surface area (Å²) in [5.74, 6) is -1.98. The largest absolute Gasteiger partial charge is 0.355 e. The lowest BCUT2D eigenvalue weighted by atomic mass is 9.88. The molecule has 4 rings (SSSR count). The number of nitrogens with one attached hydrogen (secondary N) is 3. The number of H-pyrrole nitrogens is 1. The van der Waals surface area contributed by atoms with Crippen LogP contribution in [0, 0.1) is 12.8 Å². The van der Waals surface area contributed by atoms with E-state index >= 15 is 0 Å². The van der Waals surface area contributed by atoms with E-state index in [2.05, 4.69) is 20.9 Å². The first kappa shape index (κ1) is 19.4. The molecule has 0 spiro atoms. The minimum Gasteiger partial charge on any atom is -0.355 e. The predicted molar refractivity (Wildman–Crippen MR) is 113 cm³/mol. The fourth-order valence-corrected chi connectivity index (χ4v) is 3.63. The zero-order chi connectivity index (χ0) is 21.1. The number of amides is 2. The monoisotopic (exact) mass is 403 g/mol. The Hall–Kier alpha value is -3.94. The Kier molecular flexibility index (Phi) is 5.30. The highest BCUT2D eigenvalue weighted by atomic mass is 16.2. The predicted octanol–water partition coefficient (Wildman–Crippen LogP) is 1.45. The average molecular weight is 403 g/mol. The van der Waals surface area contributed by atoms with Crippen LogP contribution in [0.5, 0.6) is 0 Å². The van der Waals surface area contributed by atoms with E-state index in [-0.39, 0.29) is 17.4 Å². The SMILES string of the molecule is Cc1[nH]n(-c2ccccc2)c(=O)c1/C=N/NC(=O)[C@H]1C(=O)NC[C@H]1c1ccccc1. The van der Waals surface area contributed by atoms with Gasteiger partial charge in [0.25, 0.3) is 11.5 Å². The number of nitrogens with zero attached hydrogens (tertiary/aromatic N) is 2. The molecule has 8 heteroatoms. The molecule has 2 aromatic carbocycles. The Morgan fingerprint density at radius 1 is 1.10 bits per heavy atom. The highest BCUT2D eigenvalue weighted by molar-refractivity contribution is 6.03. The smallest absolute Gasteiger partial charge is 0.280 e. The molecule has 1 aliphatic rings. The maximum absolute atomic E-state index is 12.7. The summed E-state index contributed by atoms with van der Waals surface area (Å²) in [5.41, 5.74) is 4.68. The minimum atomic E-state index is -0.877. The van der Waals surface area contributed by atoms with Crippen LogP contribution in [0.4, 0.5) is 0 Å². The molecule has 8 nitrogen and oxygen atoms in total. The Balaban J connectivity index is 1.51. The number of benzene rings is 2. The Bertz CT molecular complexity index is 1150. The lowest BCUT2D eigenvalue weighted by molar-refractivity contribution is -0.133. The van der Waals surface area contributed by atoms with Gasteiger partial charge >= 0.3 is 0 Å². The third kappa shape index (κ3) is 3.67. The molecular weight excluding hydrogens is 382 g/mol. The van der Waals surface area contributed by atoms with Gasteiger partial charge in [0, 0.05) is 18.2 Å². The van der Waals surface area contributed by atoms with Gasteiger partial charge in [-0.2, -0.15) is 5.10 Å². The van der Waals surface area contributed by atoms with Gasteiger partial charge in [-0.3, -0.25) is 19.5 Å². The van der Waals surface area contributed by atoms with Gasteiger partial charge in [-0.25, -0.2) is 10.1 Å². The summed E-state index contributed by atoms with van der Waals surface area (Å²) in [6.07, 6.45) is 1.30. The Morgan fingerprint density at radius 2 is 1.77 bits per heavy atom. The van der Waals surface area contributed by atoms with E-state index in [1.54, 1.807) is 6.92 Å². The van der Waals surface area contributed by atoms with E-state index in [0.29, 0.717) is 23.5 Å². The van der Waals surface area contributed by atoms with E-state index in [1.807, 2.05) is 60.7 Å². The van der Waals surface area contributed by atoms with E-state index in [9.17, 15) is 14.4 Å². The molecule has 1 saturated heterocycles. The number of para-hydroxylation sites is 1. The maximum Gasteiger partial charge on any atom is 0.280 e. The van der Waals surface area contributed by atoms with E-state index in [1.165, 1.54) is 10.9 Å². The first-order chi connectivity index (χ1) is 14.6. The number of aromatic amines is 1. The number of aryl methyl sites for hydroxylation is 1. The second kappa shape index (κ2) is 8.20. The summed E-state index contributed by atoms with van der Waals surface area (Å²) in [4.78, 5) is 37.5. The lowest BCUT2D eigenvalue weighted by Crippen LogP contribution is -2.34. The Labute approximate surface area is 172 Å². The highest BCUT2D eigenvalue weighted by Crippen LogP contribution is 2.28. The van der Waals surface area contributed by atoms with Crippen LogP contribution in [0.15, 0.2) is 70.6 Å². The first-order valence-electron chi connectivity index (χ1n) is 9.59. The number of rotatable bonds is 5. The fraction of sp³-hybridized carbons (Fsp3) is 0.182. The molecule has 0 saturated carbocycles. The second-order valence-corrected chi connectivity index (χ2v) is 7.10. The van der Waals surface area contributed by atoms with Crippen LogP contribution in [-0.4, -0.2) is 34.4 Å². The molecule has 1 fully saturated rings. The van der Waals surface area contributed by atoms with Crippen molar-refractivity contribution >= 4 is 18.0 Å². The molecular formula is C22H21N5O3. The molecule has 1 aliphatic heterocycles. The van der Waals surface area contributed by atoms with Crippen molar-refractivity contribution in [2.24, 2.45) is 11.0 Å². The topological polar surface area (TPSA) is 108 Å². The molecule has 1 aromatic heterocycles. The van der Waals surface area contributed by atoms with Crippen molar-refractivity contribution in [1.29, 1.82) is 0 Å². The van der Waals surface area contributed by atoms with Crippen molar-refractivity contribution in [2.75, 3.05) is 6.54 Å². The van der Waals surface area contributed by atoms with Crippen molar-refractivity contribution in [3.05, 3.63) is 87.8 Å². The van der Waals surface area contributed by atoms with E-state index < -0.39 is 11.8 Å². The normalized spacial score (nSPS) is 18.5. The van der Waals surface area contributed by atoms with Crippen LogP contribution < -0.4 is 16.3 Å². The molecule has 2 amide bonds. The molecule has 3 N–H and O–H groups in total. The number of hydrogen-bond acceptors (Lipinski definition) is 4. The van der Waals surface area contributed by atoms with Crippen molar-refractivity contribution in [1.82, 2.24) is 20.5 Å². The zero-order valence-corrected chi connectivity index (χ0v) is 16.3. The summed E-state index contributed by atoms with van der Waals surface area (Å²) >= 11 is 0. The van der Waals surface area contributed by atoms with Gasteiger partial charge in [-0.05, 0) is 24.6 Å². The molecule has 0 aliphatic carbocycles. The lowest BCUT2D eigenvalue weighted by Gasteiger charge is -2.15. The summed E-state index contributed by atoms with van der Waals surface area (Å²) in [6.45, 7) is 2.14. The van der Waals surface area contributed by atoms with Crippen molar-refractivity contribution in [2.45, 2.75) is 12.8 Å². The summed E-state index contributed by atoms with van der Waals surface area (Å²) in [6, 6.07) is 18.6. The van der Waals surface area contributed by atoms with Crippen LogP contribution in [0.25, 0.3) is 5.69 Å². The second-order valence-electron chi connectivity index (χ2n) is 7.10. The third-order valence-electron chi connectivity index (χ3n) is 5.19. The summed E-state index contributed by atoms with van der Waals surface area (Å²) in [7, 11) is 0. The number of carbonyl (C=O) groups is 2. The molecule has 0 radical (unpaired) electrons. The van der Waals surface area contributed by atoms with Crippen molar-refractivity contribution in [3.8, 4) is 5.69 Å². The van der Waals surface area contributed by atoms with Crippen LogP contribution >= 0.6 is 0 Å². The van der Waals surface area contributed by atoms with Gasteiger partial charge in [0.2, 0.25) is 5.91 Å². The van der Waals surface area contributed by atoms with E-state index in [0.717, 1.165) is 5.56 Å². The van der Waals surface area contributed by atoms with Crippen LogP contribution in [0.3, 0.4) is 0 Å². The van der Waals surface area contributed by atoms with Gasteiger partial charge < -0.3 is 5.32 Å². The Morgan fingerprint density at radius 3 is 2.47 bits per heavy atom. The van der Waals surface area contributed by atoms with Crippen LogP contribution in [0.2, 0.25) is 0 Å². The van der Waals surface area contributed by atoms with Crippen LogP contribution in [0.1, 0.15) is 22.7 Å². The molecule has 3 aromatic rings. The molecule has 2 atom stereocenters. The fourth-order valence-electron chi connectivity index (χ4n) is 3.63. The molecule has 152 valence electrons. The standard InChI is InChI=1S/C22H21N5O3/c1-14-17(22(30)27(26-14)16-10-6-3-7-11-16)13-24-25-21(29)19-18(12-23-20(19)28)15-8-4-2-5-9-15/h2-11,13,18-19,26H,12H2,1H3,(H,23,28)(H,25,29)/b24-13+/t18-,19+/m0/s1. The number of hydrogen-bond donors (Lipinski definition) is 3. The van der Waals surface area contributed by atoms with Crippen LogP contribution in [-0.2, 0) is 9.59 Å². The van der Waals surface area contributed by atoms with Crippen molar-refractivity contribution in [3.63, 3.8) is 0 Å². The van der Waals surface area contributed by atoms with E-state index in [4.69, 9.17) is 0 Å². The van der Waals surface area contributed by atoms with Gasteiger partial charge in [0.15, 0.2) is 0 Å². The van der Waals surface area contributed by atoms with Gasteiger partial charge in [0.1, 0.15) is 5.92 Å². The molecule has 0 bridgehead atoms. The maximum atomic E-state index is 12.7. The molecule has 0 unspecified atom stereocenters. The summed E-state index contributed by atoms with van der Waals surface area (Å²) in [5, 5.41) is 9.67. The zero-order valence-electron chi connectivity index (χ0n) is 16.3. The quantitative estimate of drug-likeness (QED) is 0.341. The summed E-state index contributed by atoms with van der Waals surface area (Å²) < 4.78 is 1.41. The number of aromatic nitrogens is 2. The first-order valence-corrected chi connectivity index (χ1v) is 9.59. The van der Waals surface area contributed by atoms with Crippen molar-refractivity contribution < 1.29 is 9.59 Å². The average Bonchev–Trinajstić information content (AvgIpc) is 3.29. The van der Waals surface area contributed by atoms with Gasteiger partial charge in [0.05, 0.1) is 17.5 Å². The third-order valence-corrected chi connectivity index (χ3v) is 5.19. The minimum absolute atomic E-state index is 0.266. The van der Waals surface area contributed by atoms with Gasteiger partial charge in [-0.15, -0.1) is 0 Å². The molecule has 2 heterocycles.